The lowest BCUT2D eigenvalue weighted by molar-refractivity contribution is -0.136. The highest BCUT2D eigenvalue weighted by atomic mass is 79.9. The lowest BCUT2D eigenvalue weighted by Crippen LogP contribution is -1.97. The molecular formula is C12H9BrO2S. The number of carbonyl (C=O) groups is 1. The van der Waals surface area contributed by atoms with Crippen LogP contribution in [0.1, 0.15) is 5.56 Å². The Kier molecular flexibility index (Phi) is 3.41. The zero-order valence-corrected chi connectivity index (χ0v) is 10.7. The van der Waals surface area contributed by atoms with Crippen molar-refractivity contribution in [2.75, 3.05) is 0 Å². The fraction of sp³-hybridized carbons (Fsp3) is 0.0833. The second-order valence-corrected chi connectivity index (χ2v) is 5.23. The second-order valence-electron chi connectivity index (χ2n) is 3.40. The van der Waals surface area contributed by atoms with E-state index in [0.29, 0.717) is 0 Å². The molecule has 0 amide bonds. The predicted molar refractivity (Wildman–Crippen MR) is 68.8 cm³/mol. The molecule has 1 N–H and O–H groups in total. The third-order valence-corrected chi connectivity index (χ3v) is 3.64. The van der Waals surface area contributed by atoms with E-state index in [1.165, 1.54) is 0 Å². The van der Waals surface area contributed by atoms with Crippen molar-refractivity contribution in [2.45, 2.75) is 6.42 Å². The summed E-state index contributed by atoms with van der Waals surface area (Å²) in [5.41, 5.74) is 1.96. The van der Waals surface area contributed by atoms with Gasteiger partial charge >= 0.3 is 5.97 Å². The van der Waals surface area contributed by atoms with Gasteiger partial charge in [-0.05, 0) is 34.7 Å². The van der Waals surface area contributed by atoms with Crippen LogP contribution in [0.3, 0.4) is 0 Å². The van der Waals surface area contributed by atoms with Crippen LogP contribution in [0.15, 0.2) is 40.2 Å². The standard InChI is InChI=1S/C12H9BrO2S/c13-10-3-1-2-9(6-10)11-4-8(7-16-11)5-12(14)15/h1-4,6-7H,5H2,(H,14,15). The maximum atomic E-state index is 10.6. The summed E-state index contributed by atoms with van der Waals surface area (Å²) in [7, 11) is 0. The minimum absolute atomic E-state index is 0.0878. The molecule has 82 valence electrons. The van der Waals surface area contributed by atoms with E-state index < -0.39 is 5.97 Å². The molecule has 0 spiro atoms. The first-order valence-electron chi connectivity index (χ1n) is 4.70. The van der Waals surface area contributed by atoms with Gasteiger partial charge in [0.25, 0.3) is 0 Å². The quantitative estimate of drug-likeness (QED) is 0.935. The monoisotopic (exact) mass is 296 g/mol. The van der Waals surface area contributed by atoms with E-state index in [9.17, 15) is 4.79 Å². The Morgan fingerprint density at radius 2 is 2.19 bits per heavy atom. The molecule has 4 heteroatoms. The number of thiophene rings is 1. The van der Waals surface area contributed by atoms with Crippen LogP contribution < -0.4 is 0 Å². The van der Waals surface area contributed by atoms with Gasteiger partial charge in [-0.3, -0.25) is 4.79 Å². The van der Waals surface area contributed by atoms with E-state index in [1.807, 2.05) is 35.7 Å². The van der Waals surface area contributed by atoms with E-state index >= 15 is 0 Å². The first kappa shape index (κ1) is 11.4. The topological polar surface area (TPSA) is 37.3 Å². The Hall–Kier alpha value is -1.13. The third kappa shape index (κ3) is 2.71. The molecular weight excluding hydrogens is 288 g/mol. The fourth-order valence-electron chi connectivity index (χ4n) is 1.44. The van der Waals surface area contributed by atoms with E-state index in [-0.39, 0.29) is 6.42 Å². The largest absolute Gasteiger partial charge is 0.481 e. The molecule has 0 bridgehead atoms. The summed E-state index contributed by atoms with van der Waals surface area (Å²) in [5, 5.41) is 10.6. The van der Waals surface area contributed by atoms with Crippen molar-refractivity contribution in [3.8, 4) is 10.4 Å². The summed E-state index contributed by atoms with van der Waals surface area (Å²) < 4.78 is 1.03. The van der Waals surface area contributed by atoms with E-state index in [1.54, 1.807) is 11.3 Å². The number of benzene rings is 1. The molecule has 0 saturated carbocycles. The van der Waals surface area contributed by atoms with Gasteiger partial charge in [0, 0.05) is 9.35 Å². The molecule has 16 heavy (non-hydrogen) atoms. The van der Waals surface area contributed by atoms with Crippen molar-refractivity contribution in [3.63, 3.8) is 0 Å². The van der Waals surface area contributed by atoms with Gasteiger partial charge in [-0.2, -0.15) is 0 Å². The highest BCUT2D eigenvalue weighted by Gasteiger charge is 2.06. The number of halogens is 1. The van der Waals surface area contributed by atoms with Gasteiger partial charge in [0.05, 0.1) is 6.42 Å². The molecule has 1 heterocycles. The number of carboxylic acid groups (broad SMARTS) is 1. The van der Waals surface area contributed by atoms with Gasteiger partial charge in [-0.15, -0.1) is 11.3 Å². The van der Waals surface area contributed by atoms with E-state index in [2.05, 4.69) is 15.9 Å². The molecule has 0 aliphatic heterocycles. The SMILES string of the molecule is O=C(O)Cc1csc(-c2cccc(Br)c2)c1. The first-order chi connectivity index (χ1) is 7.65. The van der Waals surface area contributed by atoms with Gasteiger partial charge in [-0.1, -0.05) is 28.1 Å². The molecule has 0 aliphatic rings. The molecule has 0 saturated heterocycles. The molecule has 2 rings (SSSR count). The lowest BCUT2D eigenvalue weighted by atomic mass is 10.1. The number of rotatable bonds is 3. The van der Waals surface area contributed by atoms with Gasteiger partial charge in [0.2, 0.25) is 0 Å². The van der Waals surface area contributed by atoms with Crippen molar-refractivity contribution in [1.29, 1.82) is 0 Å². The van der Waals surface area contributed by atoms with Crippen LogP contribution in [0.4, 0.5) is 0 Å². The summed E-state index contributed by atoms with van der Waals surface area (Å²) in [6.07, 6.45) is 0.0878. The van der Waals surface area contributed by atoms with Gasteiger partial charge in [0.1, 0.15) is 0 Å². The number of hydrogen-bond acceptors (Lipinski definition) is 2. The number of aliphatic carboxylic acids is 1. The molecule has 0 unspecified atom stereocenters. The maximum Gasteiger partial charge on any atom is 0.307 e. The Labute approximate surface area is 106 Å². The normalized spacial score (nSPS) is 10.3. The summed E-state index contributed by atoms with van der Waals surface area (Å²) in [4.78, 5) is 11.7. The zero-order valence-electron chi connectivity index (χ0n) is 8.31. The number of carboxylic acids is 1. The highest BCUT2D eigenvalue weighted by Crippen LogP contribution is 2.29. The Bertz CT molecular complexity index is 519. The average Bonchev–Trinajstić information content (AvgIpc) is 2.65. The minimum Gasteiger partial charge on any atom is -0.481 e. The summed E-state index contributed by atoms with van der Waals surface area (Å²) in [6, 6.07) is 9.91. The number of hydrogen-bond donors (Lipinski definition) is 1. The summed E-state index contributed by atoms with van der Waals surface area (Å²) >= 11 is 4.99. The molecule has 1 aromatic carbocycles. The Morgan fingerprint density at radius 3 is 2.88 bits per heavy atom. The van der Waals surface area contributed by atoms with Crippen LogP contribution in [-0.4, -0.2) is 11.1 Å². The minimum atomic E-state index is -0.793. The predicted octanol–water partition coefficient (Wildman–Crippen LogP) is 3.80. The fourth-order valence-corrected chi connectivity index (χ4v) is 2.75. The van der Waals surface area contributed by atoms with Crippen molar-refractivity contribution >= 4 is 33.2 Å². The summed E-state index contributed by atoms with van der Waals surface area (Å²) in [6.45, 7) is 0. The molecule has 0 fully saturated rings. The average molecular weight is 297 g/mol. The van der Waals surface area contributed by atoms with Crippen LogP contribution in [0.25, 0.3) is 10.4 Å². The van der Waals surface area contributed by atoms with Crippen molar-refractivity contribution in [3.05, 3.63) is 45.7 Å². The second kappa shape index (κ2) is 4.80. The summed E-state index contributed by atoms with van der Waals surface area (Å²) in [5.74, 6) is -0.793. The van der Waals surface area contributed by atoms with Crippen LogP contribution in [0, 0.1) is 0 Å². The zero-order chi connectivity index (χ0) is 11.5. The van der Waals surface area contributed by atoms with E-state index in [0.717, 1.165) is 20.5 Å². The first-order valence-corrected chi connectivity index (χ1v) is 6.37. The van der Waals surface area contributed by atoms with Crippen LogP contribution in [0.2, 0.25) is 0 Å². The maximum absolute atomic E-state index is 10.6. The smallest absolute Gasteiger partial charge is 0.307 e. The molecule has 0 radical (unpaired) electrons. The van der Waals surface area contributed by atoms with Gasteiger partial charge in [-0.25, -0.2) is 0 Å². The highest BCUT2D eigenvalue weighted by molar-refractivity contribution is 9.10. The van der Waals surface area contributed by atoms with Crippen molar-refractivity contribution < 1.29 is 9.90 Å². The van der Waals surface area contributed by atoms with Crippen molar-refractivity contribution in [2.24, 2.45) is 0 Å². The Morgan fingerprint density at radius 1 is 1.38 bits per heavy atom. The van der Waals surface area contributed by atoms with Crippen LogP contribution in [-0.2, 0) is 11.2 Å². The lowest BCUT2D eigenvalue weighted by Gasteiger charge is -1.97. The van der Waals surface area contributed by atoms with Gasteiger partial charge < -0.3 is 5.11 Å². The van der Waals surface area contributed by atoms with Crippen LogP contribution in [0.5, 0.6) is 0 Å². The molecule has 2 aromatic rings. The van der Waals surface area contributed by atoms with Crippen molar-refractivity contribution in [1.82, 2.24) is 0 Å². The Balaban J connectivity index is 2.28. The molecule has 0 atom stereocenters. The van der Waals surface area contributed by atoms with Gasteiger partial charge in [0.15, 0.2) is 0 Å². The van der Waals surface area contributed by atoms with Crippen LogP contribution >= 0.6 is 27.3 Å². The molecule has 2 nitrogen and oxygen atoms in total. The third-order valence-electron chi connectivity index (χ3n) is 2.12. The van der Waals surface area contributed by atoms with E-state index in [4.69, 9.17) is 5.11 Å². The molecule has 0 aliphatic carbocycles. The molecule has 1 aromatic heterocycles.